The lowest BCUT2D eigenvalue weighted by Crippen LogP contribution is -2.57. The highest BCUT2D eigenvalue weighted by molar-refractivity contribution is 6.31. The predicted molar refractivity (Wildman–Crippen MR) is 195 cm³/mol. The van der Waals surface area contributed by atoms with Gasteiger partial charge in [0, 0.05) is 63.0 Å². The van der Waals surface area contributed by atoms with Gasteiger partial charge in [0.2, 0.25) is 5.91 Å². The average molecular weight is 705 g/mol. The molecular weight excluding hydrogens is 659 g/mol. The van der Waals surface area contributed by atoms with Crippen molar-refractivity contribution in [3.05, 3.63) is 71.8 Å². The standard InChI is InChI=1S/C37H46ClFN8O3/c1-4-36(48)43-30-19-31(42-34-21-35(41-23-40-34)47-28(12-17-50-47)18-25-6-5-7-29(39)37(25)38)33(49-3)20-32(30)44-13-10-26(11-14-44)45-15-16-46(24(2)22-45)27-8-9-27/h4-7,19-21,23-24,26-28H,1,8-18,22H2,2-3H3,(H,43,48)(H,40,41,42). The Balaban J connectivity index is 1.07. The summed E-state index contributed by atoms with van der Waals surface area (Å²) < 4.78 is 20.0. The molecule has 266 valence electrons. The van der Waals surface area contributed by atoms with Gasteiger partial charge in [-0.2, -0.15) is 0 Å². The topological polar surface area (TPSA) is 98.3 Å². The molecular formula is C37H46ClFN8O3. The third-order valence-corrected chi connectivity index (χ3v) is 10.9. The summed E-state index contributed by atoms with van der Waals surface area (Å²) in [5.74, 6) is 0.944. The van der Waals surface area contributed by atoms with Gasteiger partial charge >= 0.3 is 0 Å². The Bertz CT molecular complexity index is 1700. The minimum atomic E-state index is -0.441. The molecule has 7 rings (SSSR count). The second-order valence-corrected chi connectivity index (χ2v) is 14.1. The van der Waals surface area contributed by atoms with E-state index < -0.39 is 5.82 Å². The van der Waals surface area contributed by atoms with Gasteiger partial charge in [-0.1, -0.05) is 30.3 Å². The van der Waals surface area contributed by atoms with Crippen LogP contribution in [0.1, 0.15) is 44.6 Å². The smallest absolute Gasteiger partial charge is 0.247 e. The van der Waals surface area contributed by atoms with Crippen molar-refractivity contribution in [2.24, 2.45) is 0 Å². The highest BCUT2D eigenvalue weighted by Gasteiger charge is 2.37. The quantitative estimate of drug-likeness (QED) is 0.230. The van der Waals surface area contributed by atoms with E-state index in [1.807, 2.05) is 18.2 Å². The van der Waals surface area contributed by atoms with Crippen molar-refractivity contribution < 1.29 is 18.8 Å². The maximum atomic E-state index is 14.1. The van der Waals surface area contributed by atoms with Crippen LogP contribution >= 0.6 is 11.6 Å². The first-order chi connectivity index (χ1) is 24.3. The summed E-state index contributed by atoms with van der Waals surface area (Å²) >= 11 is 6.26. The molecule has 4 fully saturated rings. The third-order valence-electron chi connectivity index (χ3n) is 10.5. The Morgan fingerprint density at radius 3 is 2.64 bits per heavy atom. The van der Waals surface area contributed by atoms with Crippen LogP contribution in [0.5, 0.6) is 5.75 Å². The molecule has 1 aliphatic carbocycles. The maximum absolute atomic E-state index is 14.1. The van der Waals surface area contributed by atoms with Gasteiger partial charge in [-0.05, 0) is 69.2 Å². The Morgan fingerprint density at radius 1 is 1.08 bits per heavy atom. The van der Waals surface area contributed by atoms with Crippen molar-refractivity contribution in [1.29, 1.82) is 0 Å². The van der Waals surface area contributed by atoms with Gasteiger partial charge in [0.1, 0.15) is 23.7 Å². The summed E-state index contributed by atoms with van der Waals surface area (Å²) in [5, 5.41) is 8.25. The van der Waals surface area contributed by atoms with Crippen LogP contribution in [-0.4, -0.2) is 96.3 Å². The van der Waals surface area contributed by atoms with E-state index in [1.165, 1.54) is 37.9 Å². The Morgan fingerprint density at radius 2 is 1.90 bits per heavy atom. The number of piperidine rings is 1. The van der Waals surface area contributed by atoms with Crippen LogP contribution in [0.25, 0.3) is 0 Å². The zero-order chi connectivity index (χ0) is 34.8. The van der Waals surface area contributed by atoms with E-state index in [-0.39, 0.29) is 17.0 Å². The zero-order valence-electron chi connectivity index (χ0n) is 28.8. The number of methoxy groups -OCH3 is 1. The number of anilines is 5. The van der Waals surface area contributed by atoms with Crippen LogP contribution in [0.15, 0.2) is 55.4 Å². The highest BCUT2D eigenvalue weighted by atomic mass is 35.5. The van der Waals surface area contributed by atoms with Gasteiger partial charge in [0.25, 0.3) is 0 Å². The van der Waals surface area contributed by atoms with Gasteiger partial charge < -0.3 is 20.3 Å². The molecule has 4 heterocycles. The molecule has 0 radical (unpaired) electrons. The average Bonchev–Trinajstić information content (AvgIpc) is 3.87. The molecule has 3 saturated heterocycles. The van der Waals surface area contributed by atoms with E-state index >= 15 is 0 Å². The molecule has 0 bridgehead atoms. The van der Waals surface area contributed by atoms with Crippen LogP contribution in [-0.2, 0) is 16.1 Å². The molecule has 50 heavy (non-hydrogen) atoms. The first-order valence-electron chi connectivity index (χ1n) is 17.7. The molecule has 1 amide bonds. The van der Waals surface area contributed by atoms with Crippen molar-refractivity contribution in [1.82, 2.24) is 19.8 Å². The van der Waals surface area contributed by atoms with Gasteiger partial charge in [-0.25, -0.2) is 19.4 Å². The number of hydroxylamine groups is 1. The zero-order valence-corrected chi connectivity index (χ0v) is 29.5. The van der Waals surface area contributed by atoms with Crippen molar-refractivity contribution in [2.45, 2.75) is 69.6 Å². The van der Waals surface area contributed by atoms with Crippen molar-refractivity contribution in [3.63, 3.8) is 0 Å². The van der Waals surface area contributed by atoms with Crippen LogP contribution in [0, 0.1) is 5.82 Å². The second kappa shape index (κ2) is 15.1. The van der Waals surface area contributed by atoms with E-state index in [1.54, 1.807) is 24.3 Å². The number of piperazine rings is 1. The fourth-order valence-electron chi connectivity index (χ4n) is 7.71. The molecule has 2 atom stereocenters. The molecule has 2 aromatic carbocycles. The number of rotatable bonds is 11. The van der Waals surface area contributed by atoms with Crippen LogP contribution < -0.4 is 25.3 Å². The molecule has 2 unspecified atom stereocenters. The van der Waals surface area contributed by atoms with E-state index in [9.17, 15) is 9.18 Å². The second-order valence-electron chi connectivity index (χ2n) is 13.7. The van der Waals surface area contributed by atoms with E-state index in [0.29, 0.717) is 59.4 Å². The lowest BCUT2D eigenvalue weighted by Gasteiger charge is -2.46. The lowest BCUT2D eigenvalue weighted by atomic mass is 9.99. The summed E-state index contributed by atoms with van der Waals surface area (Å²) in [5.41, 5.74) is 2.90. The first-order valence-corrected chi connectivity index (χ1v) is 18.0. The Hall–Kier alpha value is -3.97. The molecule has 0 spiro atoms. The SMILES string of the molecule is C=CC(=O)Nc1cc(Nc2cc(N3OCCC3Cc3cccc(F)c3Cl)ncn2)c(OC)cc1N1CCC(N2CCN(C3CC3)C(C)C2)CC1. The number of aromatic nitrogens is 2. The van der Waals surface area contributed by atoms with E-state index in [0.717, 1.165) is 57.2 Å². The Labute approximate surface area is 298 Å². The summed E-state index contributed by atoms with van der Waals surface area (Å²) in [7, 11) is 1.63. The largest absolute Gasteiger partial charge is 0.494 e. The molecule has 4 aliphatic rings. The molecule has 3 aliphatic heterocycles. The molecule has 3 aromatic rings. The number of hydrogen-bond donors (Lipinski definition) is 2. The van der Waals surface area contributed by atoms with E-state index in [2.05, 4.69) is 48.8 Å². The van der Waals surface area contributed by atoms with Gasteiger partial charge in [-0.15, -0.1) is 0 Å². The van der Waals surface area contributed by atoms with Crippen molar-refractivity contribution in [3.8, 4) is 5.75 Å². The minimum absolute atomic E-state index is 0.0912. The van der Waals surface area contributed by atoms with Gasteiger partial charge in [0.15, 0.2) is 5.82 Å². The lowest BCUT2D eigenvalue weighted by molar-refractivity contribution is -0.111. The summed E-state index contributed by atoms with van der Waals surface area (Å²) in [6.45, 7) is 11.7. The molecule has 2 N–H and O–H groups in total. The molecule has 13 heteroatoms. The number of benzene rings is 2. The van der Waals surface area contributed by atoms with Crippen LogP contribution in [0.4, 0.5) is 33.1 Å². The number of carbonyl (C=O) groups is 1. The number of amides is 1. The number of ether oxygens (including phenoxy) is 1. The molecule has 1 aromatic heterocycles. The van der Waals surface area contributed by atoms with Crippen molar-refractivity contribution >= 4 is 46.2 Å². The summed E-state index contributed by atoms with van der Waals surface area (Å²) in [6, 6.07) is 12.4. The molecule has 1 saturated carbocycles. The number of nitrogens with zero attached hydrogens (tertiary/aromatic N) is 6. The number of carbonyl (C=O) groups excluding carboxylic acids is 1. The van der Waals surface area contributed by atoms with Crippen LogP contribution in [0.2, 0.25) is 5.02 Å². The number of hydrogen-bond acceptors (Lipinski definition) is 10. The molecule has 11 nitrogen and oxygen atoms in total. The summed E-state index contributed by atoms with van der Waals surface area (Å²) in [6.07, 6.45) is 8.79. The fraction of sp³-hybridized carbons (Fsp3) is 0.486. The highest BCUT2D eigenvalue weighted by Crippen LogP contribution is 2.40. The predicted octanol–water partition coefficient (Wildman–Crippen LogP) is 6.04. The number of halogens is 2. The van der Waals surface area contributed by atoms with Gasteiger partial charge in [0.05, 0.1) is 41.8 Å². The monoisotopic (exact) mass is 704 g/mol. The normalized spacial score (nSPS) is 22.1. The third kappa shape index (κ3) is 7.53. The van der Waals surface area contributed by atoms with Gasteiger partial charge in [-0.3, -0.25) is 19.4 Å². The first kappa shape index (κ1) is 34.5. The minimum Gasteiger partial charge on any atom is -0.494 e. The maximum Gasteiger partial charge on any atom is 0.247 e. The summed E-state index contributed by atoms with van der Waals surface area (Å²) in [4.78, 5) is 35.2. The van der Waals surface area contributed by atoms with E-state index in [4.69, 9.17) is 21.2 Å². The number of nitrogens with one attached hydrogen (secondary N) is 2. The fourth-order valence-corrected chi connectivity index (χ4v) is 7.92. The Kier molecular flexibility index (Phi) is 10.4. The van der Waals surface area contributed by atoms with Crippen LogP contribution in [0.3, 0.4) is 0 Å². The van der Waals surface area contributed by atoms with Crippen molar-refractivity contribution in [2.75, 3.05) is 67.0 Å².